The van der Waals surface area contributed by atoms with Crippen LogP contribution in [0.5, 0.6) is 0 Å². The lowest BCUT2D eigenvalue weighted by atomic mass is 10.2. The minimum absolute atomic E-state index is 0.0712. The average Bonchev–Trinajstić information content (AvgIpc) is 2.73. The van der Waals surface area contributed by atoms with Gasteiger partial charge in [-0.25, -0.2) is 9.97 Å². The van der Waals surface area contributed by atoms with Crippen molar-refractivity contribution in [3.63, 3.8) is 0 Å². The molecule has 6 nitrogen and oxygen atoms in total. The molecule has 2 aromatic rings. The van der Waals surface area contributed by atoms with Gasteiger partial charge in [-0.3, -0.25) is 4.68 Å². The van der Waals surface area contributed by atoms with E-state index in [2.05, 4.69) is 34.2 Å². The van der Waals surface area contributed by atoms with Gasteiger partial charge in [-0.2, -0.15) is 5.10 Å². The number of aliphatic hydroxyl groups is 1. The number of nitrogens with one attached hydrogen (secondary N) is 1. The largest absolute Gasteiger partial charge is 0.395 e. The summed E-state index contributed by atoms with van der Waals surface area (Å²) in [6.07, 6.45) is 0. The minimum Gasteiger partial charge on any atom is -0.395 e. The molecule has 0 amide bonds. The smallest absolute Gasteiger partial charge is 0.156 e. The maximum atomic E-state index is 8.98. The highest BCUT2D eigenvalue weighted by Gasteiger charge is 2.16. The Morgan fingerprint density at radius 3 is 2.63 bits per heavy atom. The van der Waals surface area contributed by atoms with E-state index in [9.17, 15) is 0 Å². The topological polar surface area (TPSA) is 75.9 Å². The van der Waals surface area contributed by atoms with Crippen molar-refractivity contribution in [1.29, 1.82) is 0 Å². The SMILES string of the molecule is CCn1nc(C)c2nc(C(C)C)nc(NCCO)c21. The molecule has 2 heterocycles. The van der Waals surface area contributed by atoms with Gasteiger partial charge in [0.2, 0.25) is 0 Å². The molecule has 104 valence electrons. The Bertz CT molecular complexity index is 576. The van der Waals surface area contributed by atoms with Crippen LogP contribution in [-0.2, 0) is 6.54 Å². The lowest BCUT2D eigenvalue weighted by Gasteiger charge is -2.11. The molecule has 0 saturated carbocycles. The first-order chi connectivity index (χ1) is 9.08. The zero-order valence-corrected chi connectivity index (χ0v) is 11.9. The molecule has 0 aliphatic carbocycles. The Morgan fingerprint density at radius 2 is 2.05 bits per heavy atom. The van der Waals surface area contributed by atoms with Crippen molar-refractivity contribution in [2.45, 2.75) is 40.2 Å². The lowest BCUT2D eigenvalue weighted by molar-refractivity contribution is 0.311. The zero-order valence-electron chi connectivity index (χ0n) is 11.9. The van der Waals surface area contributed by atoms with Gasteiger partial charge in [-0.15, -0.1) is 0 Å². The third kappa shape index (κ3) is 2.53. The number of anilines is 1. The van der Waals surface area contributed by atoms with E-state index in [1.165, 1.54) is 0 Å². The molecule has 0 atom stereocenters. The number of hydrogen-bond acceptors (Lipinski definition) is 5. The fraction of sp³-hybridized carbons (Fsp3) is 0.615. The minimum atomic E-state index is 0.0712. The molecule has 2 N–H and O–H groups in total. The van der Waals surface area contributed by atoms with E-state index < -0.39 is 0 Å². The van der Waals surface area contributed by atoms with Gasteiger partial charge < -0.3 is 10.4 Å². The first-order valence-electron chi connectivity index (χ1n) is 6.68. The van der Waals surface area contributed by atoms with Gasteiger partial charge in [0.1, 0.15) is 16.9 Å². The summed E-state index contributed by atoms with van der Waals surface area (Å²) in [6.45, 7) is 9.44. The summed E-state index contributed by atoms with van der Waals surface area (Å²) in [4.78, 5) is 9.18. The Labute approximate surface area is 112 Å². The number of fused-ring (bicyclic) bond motifs is 1. The fourth-order valence-corrected chi connectivity index (χ4v) is 2.03. The van der Waals surface area contributed by atoms with Gasteiger partial charge in [0.15, 0.2) is 5.82 Å². The highest BCUT2D eigenvalue weighted by Crippen LogP contribution is 2.25. The normalized spacial score (nSPS) is 11.5. The second kappa shape index (κ2) is 5.52. The standard InChI is InChI=1S/C13H21N5O/c1-5-18-11-10(9(4)17-18)15-12(8(2)3)16-13(11)14-6-7-19/h8,19H,5-7H2,1-4H3,(H,14,15,16). The quantitative estimate of drug-likeness (QED) is 0.858. The first kappa shape index (κ1) is 13.7. The van der Waals surface area contributed by atoms with Crippen LogP contribution in [0.1, 0.15) is 38.2 Å². The molecular weight excluding hydrogens is 242 g/mol. The van der Waals surface area contributed by atoms with Crippen LogP contribution < -0.4 is 5.32 Å². The van der Waals surface area contributed by atoms with E-state index in [1.807, 2.05) is 18.5 Å². The predicted molar refractivity (Wildman–Crippen MR) is 75.4 cm³/mol. The average molecular weight is 263 g/mol. The third-order valence-electron chi connectivity index (χ3n) is 2.99. The van der Waals surface area contributed by atoms with Gasteiger partial charge in [-0.1, -0.05) is 13.8 Å². The summed E-state index contributed by atoms with van der Waals surface area (Å²) in [5.74, 6) is 1.81. The van der Waals surface area contributed by atoms with Crippen LogP contribution in [0.4, 0.5) is 5.82 Å². The van der Waals surface area contributed by atoms with E-state index in [-0.39, 0.29) is 12.5 Å². The van der Waals surface area contributed by atoms with E-state index in [1.54, 1.807) is 0 Å². The highest BCUT2D eigenvalue weighted by molar-refractivity contribution is 5.87. The number of aliphatic hydroxyl groups excluding tert-OH is 1. The molecule has 0 spiro atoms. The van der Waals surface area contributed by atoms with Crippen molar-refractivity contribution in [3.8, 4) is 0 Å². The molecule has 0 unspecified atom stereocenters. The molecule has 0 bridgehead atoms. The number of aryl methyl sites for hydroxylation is 2. The number of nitrogens with zero attached hydrogens (tertiary/aromatic N) is 4. The highest BCUT2D eigenvalue weighted by atomic mass is 16.3. The van der Waals surface area contributed by atoms with E-state index in [0.29, 0.717) is 6.54 Å². The van der Waals surface area contributed by atoms with Crippen LogP contribution in [0.3, 0.4) is 0 Å². The molecule has 0 radical (unpaired) electrons. The van der Waals surface area contributed by atoms with Crippen molar-refractivity contribution in [2.75, 3.05) is 18.5 Å². The Kier molecular flexibility index (Phi) is 3.99. The predicted octanol–water partition coefficient (Wildman–Crippen LogP) is 1.68. The maximum Gasteiger partial charge on any atom is 0.156 e. The molecule has 0 saturated heterocycles. The molecule has 0 aromatic carbocycles. The number of rotatable bonds is 5. The summed E-state index contributed by atoms with van der Waals surface area (Å²) in [6, 6.07) is 0. The van der Waals surface area contributed by atoms with Crippen LogP contribution in [0.2, 0.25) is 0 Å². The van der Waals surface area contributed by atoms with Gasteiger partial charge in [0.25, 0.3) is 0 Å². The van der Waals surface area contributed by atoms with Crippen molar-refractivity contribution in [1.82, 2.24) is 19.7 Å². The van der Waals surface area contributed by atoms with E-state index in [4.69, 9.17) is 5.11 Å². The number of hydrogen-bond donors (Lipinski definition) is 2. The van der Waals surface area contributed by atoms with Gasteiger partial charge in [0, 0.05) is 19.0 Å². The van der Waals surface area contributed by atoms with Gasteiger partial charge in [-0.05, 0) is 13.8 Å². The third-order valence-corrected chi connectivity index (χ3v) is 2.99. The Morgan fingerprint density at radius 1 is 1.32 bits per heavy atom. The molecular formula is C13H21N5O. The lowest BCUT2D eigenvalue weighted by Crippen LogP contribution is -2.11. The monoisotopic (exact) mass is 263 g/mol. The molecule has 2 rings (SSSR count). The van der Waals surface area contributed by atoms with Crippen LogP contribution in [-0.4, -0.2) is 38.0 Å². The summed E-state index contributed by atoms with van der Waals surface area (Å²) >= 11 is 0. The summed E-state index contributed by atoms with van der Waals surface area (Å²) < 4.78 is 1.90. The molecule has 2 aromatic heterocycles. The van der Waals surface area contributed by atoms with Crippen LogP contribution in [0.15, 0.2) is 0 Å². The molecule has 0 fully saturated rings. The molecule has 6 heteroatoms. The summed E-state index contributed by atoms with van der Waals surface area (Å²) in [7, 11) is 0. The van der Waals surface area contributed by atoms with Gasteiger partial charge >= 0.3 is 0 Å². The maximum absolute atomic E-state index is 8.98. The van der Waals surface area contributed by atoms with Crippen molar-refractivity contribution < 1.29 is 5.11 Å². The first-order valence-corrected chi connectivity index (χ1v) is 6.68. The van der Waals surface area contributed by atoms with Crippen LogP contribution in [0, 0.1) is 6.92 Å². The van der Waals surface area contributed by atoms with Gasteiger partial charge in [0.05, 0.1) is 12.3 Å². The van der Waals surface area contributed by atoms with Crippen molar-refractivity contribution in [3.05, 3.63) is 11.5 Å². The summed E-state index contributed by atoms with van der Waals surface area (Å²) in [5, 5.41) is 16.6. The Hall–Kier alpha value is -1.69. The second-order valence-corrected chi connectivity index (χ2v) is 4.83. The fourth-order valence-electron chi connectivity index (χ4n) is 2.03. The molecule has 0 aliphatic rings. The zero-order chi connectivity index (χ0) is 14.0. The van der Waals surface area contributed by atoms with E-state index in [0.717, 1.165) is 34.9 Å². The van der Waals surface area contributed by atoms with E-state index >= 15 is 0 Å². The molecule has 19 heavy (non-hydrogen) atoms. The van der Waals surface area contributed by atoms with Crippen LogP contribution in [0.25, 0.3) is 11.0 Å². The van der Waals surface area contributed by atoms with Crippen molar-refractivity contribution >= 4 is 16.9 Å². The van der Waals surface area contributed by atoms with Crippen molar-refractivity contribution in [2.24, 2.45) is 0 Å². The number of aromatic nitrogens is 4. The molecule has 0 aliphatic heterocycles. The van der Waals surface area contributed by atoms with Crippen LogP contribution >= 0.6 is 0 Å². The second-order valence-electron chi connectivity index (χ2n) is 4.83. The summed E-state index contributed by atoms with van der Waals surface area (Å²) in [5.41, 5.74) is 2.71. The Balaban J connectivity index is 2.65.